The number of nitrogen functional groups attached to an aromatic ring is 1. The number of hydrogen-bond donors (Lipinski definition) is 4. The number of nitrogens with one attached hydrogen (secondary N) is 3. The SMILES string of the molecule is CCc1c(C(=O)NCCc2nc(N)n[nH]2)[nH]c2ccccc12. The van der Waals surface area contributed by atoms with Crippen LogP contribution in [0.3, 0.4) is 0 Å². The Bertz CT molecular complexity index is 803. The summed E-state index contributed by atoms with van der Waals surface area (Å²) in [4.78, 5) is 19.6. The number of rotatable bonds is 5. The van der Waals surface area contributed by atoms with Crippen LogP contribution in [-0.4, -0.2) is 32.6 Å². The van der Waals surface area contributed by atoms with Crippen LogP contribution in [0.2, 0.25) is 0 Å². The molecule has 1 amide bonds. The van der Waals surface area contributed by atoms with Crippen LogP contribution in [0.15, 0.2) is 24.3 Å². The minimum atomic E-state index is -0.111. The largest absolute Gasteiger partial charge is 0.367 e. The van der Waals surface area contributed by atoms with Gasteiger partial charge in [0.15, 0.2) is 0 Å². The number of aryl methyl sites for hydroxylation is 1. The van der Waals surface area contributed by atoms with Crippen molar-refractivity contribution in [3.8, 4) is 0 Å². The van der Waals surface area contributed by atoms with Crippen molar-refractivity contribution in [1.29, 1.82) is 0 Å². The van der Waals surface area contributed by atoms with E-state index in [4.69, 9.17) is 5.73 Å². The second kappa shape index (κ2) is 5.88. The average Bonchev–Trinajstić information content (AvgIpc) is 3.10. The Labute approximate surface area is 127 Å². The van der Waals surface area contributed by atoms with Gasteiger partial charge in [0.25, 0.3) is 5.91 Å². The Balaban J connectivity index is 1.72. The van der Waals surface area contributed by atoms with Gasteiger partial charge in [-0.3, -0.25) is 9.89 Å². The highest BCUT2D eigenvalue weighted by Gasteiger charge is 2.15. The van der Waals surface area contributed by atoms with E-state index in [9.17, 15) is 4.79 Å². The molecule has 0 aliphatic rings. The van der Waals surface area contributed by atoms with E-state index in [1.807, 2.05) is 31.2 Å². The van der Waals surface area contributed by atoms with E-state index < -0.39 is 0 Å². The molecule has 0 fully saturated rings. The van der Waals surface area contributed by atoms with Gasteiger partial charge in [-0.05, 0) is 18.1 Å². The maximum atomic E-state index is 12.4. The number of aromatic amines is 2. The van der Waals surface area contributed by atoms with E-state index in [0.717, 1.165) is 22.9 Å². The number of anilines is 1. The molecule has 7 nitrogen and oxygen atoms in total. The topological polar surface area (TPSA) is 112 Å². The lowest BCUT2D eigenvalue weighted by molar-refractivity contribution is 0.0949. The van der Waals surface area contributed by atoms with Crippen LogP contribution in [0, 0.1) is 0 Å². The van der Waals surface area contributed by atoms with Crippen LogP contribution in [0.25, 0.3) is 10.9 Å². The standard InChI is InChI=1S/C15H18N6O/c1-2-9-10-5-3-4-6-11(10)18-13(9)14(22)17-8-7-12-19-15(16)21-20-12/h3-6,18H,2,7-8H2,1H3,(H,17,22)(H3,16,19,20,21). The Kier molecular flexibility index (Phi) is 3.78. The number of para-hydroxylation sites is 1. The van der Waals surface area contributed by atoms with Crippen LogP contribution in [0.1, 0.15) is 28.8 Å². The van der Waals surface area contributed by atoms with Crippen molar-refractivity contribution >= 4 is 22.8 Å². The summed E-state index contributed by atoms with van der Waals surface area (Å²) in [5.74, 6) is 0.760. The highest BCUT2D eigenvalue weighted by molar-refractivity contribution is 6.01. The molecule has 1 aromatic carbocycles. The average molecular weight is 298 g/mol. The smallest absolute Gasteiger partial charge is 0.268 e. The summed E-state index contributed by atoms with van der Waals surface area (Å²) in [6.45, 7) is 2.51. The molecule has 0 atom stereocenters. The third-order valence-electron chi connectivity index (χ3n) is 3.59. The number of fused-ring (bicyclic) bond motifs is 1. The molecule has 7 heteroatoms. The van der Waals surface area contributed by atoms with Gasteiger partial charge < -0.3 is 16.0 Å². The summed E-state index contributed by atoms with van der Waals surface area (Å²) in [5.41, 5.74) is 8.08. The Morgan fingerprint density at radius 3 is 2.91 bits per heavy atom. The van der Waals surface area contributed by atoms with Crippen molar-refractivity contribution in [3.63, 3.8) is 0 Å². The molecule has 2 heterocycles. The van der Waals surface area contributed by atoms with Crippen LogP contribution in [0.5, 0.6) is 0 Å². The fourth-order valence-corrected chi connectivity index (χ4v) is 2.57. The monoisotopic (exact) mass is 298 g/mol. The van der Waals surface area contributed by atoms with Crippen molar-refractivity contribution in [1.82, 2.24) is 25.5 Å². The van der Waals surface area contributed by atoms with Crippen LogP contribution in [-0.2, 0) is 12.8 Å². The molecule has 0 aliphatic heterocycles. The van der Waals surface area contributed by atoms with Crippen LogP contribution in [0.4, 0.5) is 5.95 Å². The number of benzene rings is 1. The van der Waals surface area contributed by atoms with E-state index >= 15 is 0 Å². The minimum absolute atomic E-state index is 0.111. The molecular weight excluding hydrogens is 280 g/mol. The van der Waals surface area contributed by atoms with Crippen molar-refractivity contribution in [2.45, 2.75) is 19.8 Å². The van der Waals surface area contributed by atoms with Gasteiger partial charge in [-0.1, -0.05) is 25.1 Å². The predicted octanol–water partition coefficient (Wildman–Crippen LogP) is 1.40. The summed E-state index contributed by atoms with van der Waals surface area (Å²) in [6, 6.07) is 7.93. The minimum Gasteiger partial charge on any atom is -0.367 e. The number of aromatic nitrogens is 4. The first-order chi connectivity index (χ1) is 10.7. The normalized spacial score (nSPS) is 11.0. The Morgan fingerprint density at radius 1 is 1.36 bits per heavy atom. The maximum absolute atomic E-state index is 12.4. The number of nitrogens with zero attached hydrogens (tertiary/aromatic N) is 2. The number of nitrogens with two attached hydrogens (primary N) is 1. The molecule has 2 aromatic heterocycles. The van der Waals surface area contributed by atoms with Gasteiger partial charge >= 0.3 is 0 Å². The molecule has 0 saturated carbocycles. The number of carbonyl (C=O) groups excluding carboxylic acids is 1. The van der Waals surface area contributed by atoms with Crippen molar-refractivity contribution in [2.24, 2.45) is 0 Å². The Morgan fingerprint density at radius 2 is 2.18 bits per heavy atom. The molecule has 0 saturated heterocycles. The fourth-order valence-electron chi connectivity index (χ4n) is 2.57. The first-order valence-corrected chi connectivity index (χ1v) is 7.23. The van der Waals surface area contributed by atoms with Gasteiger partial charge in [0, 0.05) is 23.9 Å². The van der Waals surface area contributed by atoms with Gasteiger partial charge in [-0.2, -0.15) is 4.98 Å². The van der Waals surface area contributed by atoms with Gasteiger partial charge in [0.2, 0.25) is 5.95 Å². The van der Waals surface area contributed by atoms with Crippen molar-refractivity contribution in [2.75, 3.05) is 12.3 Å². The lowest BCUT2D eigenvalue weighted by Crippen LogP contribution is -2.27. The molecule has 0 radical (unpaired) electrons. The summed E-state index contributed by atoms with van der Waals surface area (Å²) >= 11 is 0. The van der Waals surface area contributed by atoms with Gasteiger partial charge in [-0.25, -0.2) is 0 Å². The predicted molar refractivity (Wildman–Crippen MR) is 84.5 cm³/mol. The summed E-state index contributed by atoms with van der Waals surface area (Å²) < 4.78 is 0. The van der Waals surface area contributed by atoms with E-state index in [-0.39, 0.29) is 11.9 Å². The fraction of sp³-hybridized carbons (Fsp3) is 0.267. The highest BCUT2D eigenvalue weighted by atomic mass is 16.1. The number of amides is 1. The second-order valence-electron chi connectivity index (χ2n) is 5.02. The van der Waals surface area contributed by atoms with Gasteiger partial charge in [-0.15, -0.1) is 5.10 Å². The zero-order valence-corrected chi connectivity index (χ0v) is 12.3. The number of H-pyrrole nitrogens is 2. The quantitative estimate of drug-likeness (QED) is 0.570. The van der Waals surface area contributed by atoms with Crippen LogP contribution < -0.4 is 11.1 Å². The number of hydrogen-bond acceptors (Lipinski definition) is 4. The lowest BCUT2D eigenvalue weighted by Gasteiger charge is -2.04. The van der Waals surface area contributed by atoms with E-state index in [1.54, 1.807) is 0 Å². The first-order valence-electron chi connectivity index (χ1n) is 7.23. The summed E-state index contributed by atoms with van der Waals surface area (Å²) in [5, 5.41) is 10.5. The third kappa shape index (κ3) is 2.65. The molecule has 3 aromatic rings. The zero-order valence-electron chi connectivity index (χ0n) is 12.3. The Hall–Kier alpha value is -2.83. The van der Waals surface area contributed by atoms with E-state index in [1.165, 1.54) is 0 Å². The molecule has 5 N–H and O–H groups in total. The molecular formula is C15H18N6O. The van der Waals surface area contributed by atoms with Crippen LogP contribution >= 0.6 is 0 Å². The van der Waals surface area contributed by atoms with Gasteiger partial charge in [0.05, 0.1) is 0 Å². The van der Waals surface area contributed by atoms with E-state index in [0.29, 0.717) is 24.5 Å². The summed E-state index contributed by atoms with van der Waals surface area (Å²) in [7, 11) is 0. The highest BCUT2D eigenvalue weighted by Crippen LogP contribution is 2.22. The molecule has 0 unspecified atom stereocenters. The molecule has 114 valence electrons. The molecule has 0 bridgehead atoms. The second-order valence-corrected chi connectivity index (χ2v) is 5.02. The molecule has 3 rings (SSSR count). The number of carbonyl (C=O) groups is 1. The third-order valence-corrected chi connectivity index (χ3v) is 3.59. The molecule has 0 aliphatic carbocycles. The maximum Gasteiger partial charge on any atom is 0.268 e. The lowest BCUT2D eigenvalue weighted by atomic mass is 10.1. The van der Waals surface area contributed by atoms with E-state index in [2.05, 4.69) is 25.5 Å². The molecule has 0 spiro atoms. The van der Waals surface area contributed by atoms with Gasteiger partial charge in [0.1, 0.15) is 11.5 Å². The first kappa shape index (κ1) is 14.1. The van der Waals surface area contributed by atoms with Crippen molar-refractivity contribution in [3.05, 3.63) is 41.3 Å². The zero-order chi connectivity index (χ0) is 15.5. The molecule has 22 heavy (non-hydrogen) atoms. The summed E-state index contributed by atoms with van der Waals surface area (Å²) in [6.07, 6.45) is 1.35. The van der Waals surface area contributed by atoms with Crippen molar-refractivity contribution < 1.29 is 4.79 Å².